The largest absolute Gasteiger partial charge is 0.341 e. The van der Waals surface area contributed by atoms with Gasteiger partial charge in [0, 0.05) is 25.7 Å². The van der Waals surface area contributed by atoms with E-state index in [1.54, 1.807) is 4.90 Å². The molecule has 2 N–H and O–H groups in total. The van der Waals surface area contributed by atoms with Crippen LogP contribution >= 0.6 is 23.7 Å². The third kappa shape index (κ3) is 4.54. The summed E-state index contributed by atoms with van der Waals surface area (Å²) in [6.07, 6.45) is 4.85. The van der Waals surface area contributed by atoms with Crippen molar-refractivity contribution < 1.29 is 9.59 Å². The first kappa shape index (κ1) is 20.2. The number of nitrogens with zero attached hydrogens (tertiary/aromatic N) is 2. The topological polar surface area (TPSA) is 66.6 Å². The van der Waals surface area contributed by atoms with Gasteiger partial charge in [-0.2, -0.15) is 0 Å². The molecule has 3 rings (SSSR count). The fourth-order valence-corrected chi connectivity index (χ4v) is 4.50. The van der Waals surface area contributed by atoms with Crippen LogP contribution < -0.4 is 5.73 Å². The zero-order valence-corrected chi connectivity index (χ0v) is 16.4. The Morgan fingerprint density at radius 2 is 2.04 bits per heavy atom. The second-order valence-electron chi connectivity index (χ2n) is 7.03. The number of rotatable bonds is 3. The number of amides is 2. The molecule has 0 aliphatic carbocycles. The summed E-state index contributed by atoms with van der Waals surface area (Å²) >= 11 is 1.45. The van der Waals surface area contributed by atoms with Crippen molar-refractivity contribution in [2.45, 2.75) is 51.1 Å². The minimum Gasteiger partial charge on any atom is -0.341 e. The number of nitrogens with two attached hydrogens (primary N) is 1. The van der Waals surface area contributed by atoms with Gasteiger partial charge in [0.1, 0.15) is 6.04 Å². The van der Waals surface area contributed by atoms with E-state index in [0.717, 1.165) is 50.1 Å². The lowest BCUT2D eigenvalue weighted by molar-refractivity contribution is -0.139. The van der Waals surface area contributed by atoms with E-state index in [9.17, 15) is 9.59 Å². The van der Waals surface area contributed by atoms with E-state index < -0.39 is 0 Å². The maximum absolute atomic E-state index is 13.1. The molecule has 140 valence electrons. The second kappa shape index (κ2) is 9.01. The molecule has 2 saturated heterocycles. The standard InChI is InChI=1S/C18H27N3O2S.ClH/c1-13(19)14-6-4-9-20(12-14)17(22)15-7-2-3-10-21(15)18(23)16-8-5-11-24-16;/h5,8,11,13-15H,2-4,6-7,9-10,12,19H2,1H3;1H. The Bertz CT molecular complexity index is 579. The molecule has 3 heterocycles. The van der Waals surface area contributed by atoms with E-state index in [-0.39, 0.29) is 36.3 Å². The molecule has 0 aromatic carbocycles. The van der Waals surface area contributed by atoms with Gasteiger partial charge >= 0.3 is 0 Å². The van der Waals surface area contributed by atoms with Gasteiger partial charge < -0.3 is 15.5 Å². The number of carbonyl (C=O) groups is 2. The van der Waals surface area contributed by atoms with E-state index in [0.29, 0.717) is 12.5 Å². The Labute approximate surface area is 160 Å². The molecule has 2 fully saturated rings. The van der Waals surface area contributed by atoms with Crippen LogP contribution in [0, 0.1) is 5.92 Å². The lowest BCUT2D eigenvalue weighted by atomic mass is 9.91. The summed E-state index contributed by atoms with van der Waals surface area (Å²) in [6, 6.07) is 3.53. The van der Waals surface area contributed by atoms with Gasteiger partial charge in [0.05, 0.1) is 4.88 Å². The molecule has 0 bridgehead atoms. The van der Waals surface area contributed by atoms with Gasteiger partial charge in [-0.15, -0.1) is 23.7 Å². The van der Waals surface area contributed by atoms with Crippen LogP contribution in [0.25, 0.3) is 0 Å². The van der Waals surface area contributed by atoms with Gasteiger partial charge in [-0.3, -0.25) is 9.59 Å². The van der Waals surface area contributed by atoms with Crippen LogP contribution in [0.15, 0.2) is 17.5 Å². The van der Waals surface area contributed by atoms with Crippen molar-refractivity contribution in [1.29, 1.82) is 0 Å². The maximum atomic E-state index is 13.1. The van der Waals surface area contributed by atoms with Crippen molar-refractivity contribution in [3.63, 3.8) is 0 Å². The molecule has 0 radical (unpaired) electrons. The van der Waals surface area contributed by atoms with Crippen molar-refractivity contribution in [2.24, 2.45) is 11.7 Å². The van der Waals surface area contributed by atoms with E-state index in [1.807, 2.05) is 29.3 Å². The molecule has 2 aliphatic heterocycles. The Balaban J connectivity index is 0.00000225. The Hall–Kier alpha value is -1.11. The first-order valence-corrected chi connectivity index (χ1v) is 9.84. The quantitative estimate of drug-likeness (QED) is 0.869. The number of hydrogen-bond acceptors (Lipinski definition) is 4. The summed E-state index contributed by atoms with van der Waals surface area (Å²) in [5, 5.41) is 1.91. The number of piperidine rings is 2. The predicted molar refractivity (Wildman–Crippen MR) is 103 cm³/mol. The van der Waals surface area contributed by atoms with Crippen LogP contribution in [0.2, 0.25) is 0 Å². The summed E-state index contributed by atoms with van der Waals surface area (Å²) in [5.74, 6) is 0.487. The second-order valence-corrected chi connectivity index (χ2v) is 7.98. The van der Waals surface area contributed by atoms with Crippen LogP contribution in [0.4, 0.5) is 0 Å². The molecule has 1 aromatic rings. The highest BCUT2D eigenvalue weighted by atomic mass is 35.5. The van der Waals surface area contributed by atoms with Crippen LogP contribution in [0.3, 0.4) is 0 Å². The third-order valence-corrected chi connectivity index (χ3v) is 6.15. The predicted octanol–water partition coefficient (Wildman–Crippen LogP) is 2.75. The average molecular weight is 386 g/mol. The number of hydrogen-bond donors (Lipinski definition) is 1. The highest BCUT2D eigenvalue weighted by Crippen LogP contribution is 2.26. The van der Waals surface area contributed by atoms with Gasteiger partial charge in [-0.05, 0) is 56.4 Å². The molecule has 0 spiro atoms. The molecular formula is C18H28ClN3O2S. The number of likely N-dealkylation sites (tertiary alicyclic amines) is 2. The van der Waals surface area contributed by atoms with Crippen LogP contribution in [-0.4, -0.2) is 53.3 Å². The number of carbonyl (C=O) groups excluding carboxylic acids is 2. The first-order valence-electron chi connectivity index (χ1n) is 8.96. The molecule has 25 heavy (non-hydrogen) atoms. The lowest BCUT2D eigenvalue weighted by Crippen LogP contribution is -2.55. The molecule has 0 saturated carbocycles. The Morgan fingerprint density at radius 3 is 2.72 bits per heavy atom. The highest BCUT2D eigenvalue weighted by molar-refractivity contribution is 7.12. The summed E-state index contributed by atoms with van der Waals surface area (Å²) < 4.78 is 0. The number of thiophene rings is 1. The first-order chi connectivity index (χ1) is 11.6. The van der Waals surface area contributed by atoms with Gasteiger partial charge in [0.2, 0.25) is 5.91 Å². The Kier molecular flexibility index (Phi) is 7.28. The molecule has 2 aliphatic rings. The van der Waals surface area contributed by atoms with E-state index in [2.05, 4.69) is 0 Å². The van der Waals surface area contributed by atoms with Crippen molar-refractivity contribution in [2.75, 3.05) is 19.6 Å². The van der Waals surface area contributed by atoms with Crippen LogP contribution in [0.1, 0.15) is 48.7 Å². The maximum Gasteiger partial charge on any atom is 0.264 e. The normalized spacial score (nSPS) is 25.2. The van der Waals surface area contributed by atoms with Gasteiger partial charge in [0.25, 0.3) is 5.91 Å². The summed E-state index contributed by atoms with van der Waals surface area (Å²) in [5.41, 5.74) is 6.05. The van der Waals surface area contributed by atoms with Crippen molar-refractivity contribution >= 4 is 35.6 Å². The molecule has 3 unspecified atom stereocenters. The summed E-state index contributed by atoms with van der Waals surface area (Å²) in [6.45, 7) is 4.22. The zero-order chi connectivity index (χ0) is 17.1. The van der Waals surface area contributed by atoms with Gasteiger partial charge in [-0.25, -0.2) is 0 Å². The van der Waals surface area contributed by atoms with E-state index in [4.69, 9.17) is 5.73 Å². The smallest absolute Gasteiger partial charge is 0.264 e. The molecular weight excluding hydrogens is 358 g/mol. The molecule has 2 amide bonds. The molecule has 3 atom stereocenters. The summed E-state index contributed by atoms with van der Waals surface area (Å²) in [4.78, 5) is 30.3. The minimum atomic E-state index is -0.305. The lowest BCUT2D eigenvalue weighted by Gasteiger charge is -2.41. The molecule has 1 aromatic heterocycles. The van der Waals surface area contributed by atoms with Crippen LogP contribution in [0.5, 0.6) is 0 Å². The van der Waals surface area contributed by atoms with Crippen LogP contribution in [-0.2, 0) is 4.79 Å². The molecule has 7 heteroatoms. The monoisotopic (exact) mass is 385 g/mol. The Morgan fingerprint density at radius 1 is 1.24 bits per heavy atom. The van der Waals surface area contributed by atoms with Crippen molar-refractivity contribution in [1.82, 2.24) is 9.80 Å². The molecule has 5 nitrogen and oxygen atoms in total. The van der Waals surface area contributed by atoms with Crippen molar-refractivity contribution in [3.05, 3.63) is 22.4 Å². The zero-order valence-electron chi connectivity index (χ0n) is 14.7. The van der Waals surface area contributed by atoms with E-state index >= 15 is 0 Å². The number of halogens is 1. The van der Waals surface area contributed by atoms with E-state index in [1.165, 1.54) is 11.3 Å². The SMILES string of the molecule is CC(N)C1CCCN(C(=O)C2CCCCN2C(=O)c2cccs2)C1.Cl. The minimum absolute atomic E-state index is 0. The third-order valence-electron chi connectivity index (χ3n) is 5.29. The average Bonchev–Trinajstić information content (AvgIpc) is 3.15. The fourth-order valence-electron chi connectivity index (χ4n) is 3.82. The summed E-state index contributed by atoms with van der Waals surface area (Å²) in [7, 11) is 0. The highest BCUT2D eigenvalue weighted by Gasteiger charge is 2.37. The van der Waals surface area contributed by atoms with Crippen molar-refractivity contribution in [3.8, 4) is 0 Å². The van der Waals surface area contributed by atoms with Gasteiger partial charge in [0.15, 0.2) is 0 Å². The fraction of sp³-hybridized carbons (Fsp3) is 0.667. The van der Waals surface area contributed by atoms with Gasteiger partial charge in [-0.1, -0.05) is 6.07 Å².